The van der Waals surface area contributed by atoms with Gasteiger partial charge in [-0.1, -0.05) is 42.5 Å². The molecule has 2 aromatic carbocycles. The Hall–Kier alpha value is -3.23. The minimum atomic E-state index is -0.246. The average Bonchev–Trinajstić information content (AvgIpc) is 3.35. The highest BCUT2D eigenvalue weighted by atomic mass is 32.1. The Morgan fingerprint density at radius 1 is 1.05 bits per heavy atom. The SMILES string of the molecule is CCOc1ccccc1C(=O)Nc1nc2c(s1)CCCC2C(=O)N1CCN(CCc2ccccc2)CC1. The molecule has 0 bridgehead atoms. The van der Waals surface area contributed by atoms with E-state index in [0.29, 0.717) is 23.1 Å². The zero-order valence-corrected chi connectivity index (χ0v) is 22.1. The van der Waals surface area contributed by atoms with E-state index in [-0.39, 0.29) is 17.7 Å². The van der Waals surface area contributed by atoms with Crippen molar-refractivity contribution in [3.05, 3.63) is 76.3 Å². The minimum Gasteiger partial charge on any atom is -0.493 e. The van der Waals surface area contributed by atoms with Gasteiger partial charge >= 0.3 is 0 Å². The number of para-hydroxylation sites is 1. The Kier molecular flexibility index (Phi) is 8.16. The second kappa shape index (κ2) is 11.9. The van der Waals surface area contributed by atoms with E-state index >= 15 is 0 Å². The van der Waals surface area contributed by atoms with Crippen molar-refractivity contribution in [3.63, 3.8) is 0 Å². The highest BCUT2D eigenvalue weighted by Gasteiger charge is 2.34. The van der Waals surface area contributed by atoms with E-state index in [1.807, 2.05) is 30.0 Å². The van der Waals surface area contributed by atoms with Crippen molar-refractivity contribution in [2.45, 2.75) is 38.5 Å². The Labute approximate surface area is 222 Å². The van der Waals surface area contributed by atoms with Gasteiger partial charge in [0.05, 0.1) is 23.8 Å². The first-order chi connectivity index (χ1) is 18.1. The smallest absolute Gasteiger partial charge is 0.261 e. The van der Waals surface area contributed by atoms with Gasteiger partial charge in [-0.15, -0.1) is 11.3 Å². The summed E-state index contributed by atoms with van der Waals surface area (Å²) in [7, 11) is 0. The molecule has 1 saturated heterocycles. The van der Waals surface area contributed by atoms with Crippen LogP contribution in [0.4, 0.5) is 5.13 Å². The summed E-state index contributed by atoms with van der Waals surface area (Å²) in [5.41, 5.74) is 2.68. The zero-order valence-electron chi connectivity index (χ0n) is 21.3. The summed E-state index contributed by atoms with van der Waals surface area (Å²) in [5, 5.41) is 3.49. The number of fused-ring (bicyclic) bond motifs is 1. The molecule has 7 nitrogen and oxygen atoms in total. The summed E-state index contributed by atoms with van der Waals surface area (Å²) in [6.07, 6.45) is 3.70. The maximum atomic E-state index is 13.5. The standard InChI is InChI=1S/C29H34N4O3S/c1-2-36-24-13-7-6-11-22(24)27(34)31-29-30-26-23(12-8-14-25(26)37-29)28(35)33-19-17-32(18-20-33)16-15-21-9-4-3-5-10-21/h3-7,9-11,13,23H,2,8,12,14-20H2,1H3,(H,30,31,34). The minimum absolute atomic E-state index is 0.175. The van der Waals surface area contributed by atoms with Gasteiger partial charge in [-0.3, -0.25) is 19.8 Å². The number of hydrogen-bond donors (Lipinski definition) is 1. The monoisotopic (exact) mass is 518 g/mol. The number of hydrogen-bond acceptors (Lipinski definition) is 6. The van der Waals surface area contributed by atoms with Crippen molar-refractivity contribution in [2.24, 2.45) is 0 Å². The van der Waals surface area contributed by atoms with Crippen LogP contribution in [0.1, 0.15) is 52.2 Å². The third-order valence-corrected chi connectivity index (χ3v) is 8.19. The number of nitrogens with zero attached hydrogens (tertiary/aromatic N) is 3. The topological polar surface area (TPSA) is 74.8 Å². The molecule has 1 aliphatic carbocycles. The molecule has 3 aromatic rings. The predicted molar refractivity (Wildman–Crippen MR) is 147 cm³/mol. The van der Waals surface area contributed by atoms with Gasteiger partial charge in [-0.25, -0.2) is 4.98 Å². The lowest BCUT2D eigenvalue weighted by Gasteiger charge is -2.37. The molecule has 1 N–H and O–H groups in total. The van der Waals surface area contributed by atoms with Crippen LogP contribution in [0.25, 0.3) is 0 Å². The maximum Gasteiger partial charge on any atom is 0.261 e. The Morgan fingerprint density at radius 2 is 1.81 bits per heavy atom. The molecular weight excluding hydrogens is 484 g/mol. The third kappa shape index (κ3) is 6.02. The maximum absolute atomic E-state index is 13.5. The second-order valence-electron chi connectivity index (χ2n) is 9.56. The lowest BCUT2D eigenvalue weighted by Crippen LogP contribution is -2.50. The van der Waals surface area contributed by atoms with Crippen LogP contribution in [0.3, 0.4) is 0 Å². The molecule has 1 atom stereocenters. The van der Waals surface area contributed by atoms with Gasteiger partial charge in [-0.05, 0) is 50.3 Å². The molecule has 1 aliphatic heterocycles. The molecule has 1 aromatic heterocycles. The van der Waals surface area contributed by atoms with Gasteiger partial charge in [0.1, 0.15) is 5.75 Å². The molecule has 0 radical (unpaired) electrons. The molecule has 5 rings (SSSR count). The fraction of sp³-hybridized carbons (Fsp3) is 0.414. The third-order valence-electron chi connectivity index (χ3n) is 7.15. The number of amides is 2. The molecule has 0 saturated carbocycles. The quantitative estimate of drug-likeness (QED) is 0.472. The first-order valence-electron chi connectivity index (χ1n) is 13.2. The summed E-state index contributed by atoms with van der Waals surface area (Å²) in [4.78, 5) is 36.8. The van der Waals surface area contributed by atoms with Crippen LogP contribution in [0.2, 0.25) is 0 Å². The van der Waals surface area contributed by atoms with Gasteiger partial charge in [-0.2, -0.15) is 0 Å². The Bertz CT molecular complexity index is 1220. The molecule has 37 heavy (non-hydrogen) atoms. The summed E-state index contributed by atoms with van der Waals surface area (Å²) < 4.78 is 5.61. The molecule has 194 valence electrons. The van der Waals surface area contributed by atoms with Gasteiger partial charge < -0.3 is 9.64 Å². The number of nitrogens with one attached hydrogen (secondary N) is 1. The molecule has 8 heteroatoms. The van der Waals surface area contributed by atoms with Crippen LogP contribution in [0.15, 0.2) is 54.6 Å². The number of aromatic nitrogens is 1. The number of rotatable bonds is 8. The number of piperazine rings is 1. The number of benzene rings is 2. The van der Waals surface area contributed by atoms with E-state index in [4.69, 9.17) is 9.72 Å². The van der Waals surface area contributed by atoms with Crippen LogP contribution in [-0.2, 0) is 17.6 Å². The number of carbonyl (C=O) groups is 2. The molecule has 2 heterocycles. The fourth-order valence-corrected chi connectivity index (χ4v) is 6.22. The van der Waals surface area contributed by atoms with Crippen LogP contribution < -0.4 is 10.1 Å². The van der Waals surface area contributed by atoms with Crippen molar-refractivity contribution < 1.29 is 14.3 Å². The lowest BCUT2D eigenvalue weighted by molar-refractivity contribution is -0.135. The van der Waals surface area contributed by atoms with Crippen molar-refractivity contribution in [3.8, 4) is 5.75 Å². The number of thiazole rings is 1. The van der Waals surface area contributed by atoms with Crippen LogP contribution in [-0.4, -0.2) is 65.9 Å². The number of aryl methyl sites for hydroxylation is 1. The average molecular weight is 519 g/mol. The van der Waals surface area contributed by atoms with Gasteiger partial charge in [0.15, 0.2) is 5.13 Å². The fourth-order valence-electron chi connectivity index (χ4n) is 5.16. The Morgan fingerprint density at radius 3 is 2.59 bits per heavy atom. The van der Waals surface area contributed by atoms with Crippen molar-refractivity contribution in [1.82, 2.24) is 14.8 Å². The van der Waals surface area contributed by atoms with Crippen molar-refractivity contribution in [1.29, 1.82) is 0 Å². The highest BCUT2D eigenvalue weighted by Crippen LogP contribution is 2.38. The first kappa shape index (κ1) is 25.4. The van der Waals surface area contributed by atoms with E-state index in [9.17, 15) is 9.59 Å². The molecule has 2 amide bonds. The van der Waals surface area contributed by atoms with Crippen molar-refractivity contribution in [2.75, 3.05) is 44.6 Å². The largest absolute Gasteiger partial charge is 0.493 e. The second-order valence-corrected chi connectivity index (χ2v) is 10.6. The van der Waals surface area contributed by atoms with Gasteiger partial charge in [0, 0.05) is 37.6 Å². The summed E-state index contributed by atoms with van der Waals surface area (Å²) in [6, 6.07) is 17.8. The van der Waals surface area contributed by atoms with E-state index in [1.54, 1.807) is 12.1 Å². The van der Waals surface area contributed by atoms with E-state index < -0.39 is 0 Å². The van der Waals surface area contributed by atoms with Gasteiger partial charge in [0.25, 0.3) is 5.91 Å². The number of anilines is 1. The van der Waals surface area contributed by atoms with Crippen LogP contribution >= 0.6 is 11.3 Å². The zero-order chi connectivity index (χ0) is 25.6. The van der Waals surface area contributed by atoms with Gasteiger partial charge in [0.2, 0.25) is 5.91 Å². The summed E-state index contributed by atoms with van der Waals surface area (Å²) >= 11 is 1.49. The summed E-state index contributed by atoms with van der Waals surface area (Å²) in [5.74, 6) is 0.259. The first-order valence-corrected chi connectivity index (χ1v) is 14.0. The Balaban J connectivity index is 1.20. The highest BCUT2D eigenvalue weighted by molar-refractivity contribution is 7.16. The number of carbonyl (C=O) groups excluding carboxylic acids is 2. The van der Waals surface area contributed by atoms with Crippen LogP contribution in [0, 0.1) is 0 Å². The lowest BCUT2D eigenvalue weighted by atomic mass is 9.89. The molecular formula is C29H34N4O3S. The molecule has 1 fully saturated rings. The van der Waals surface area contributed by atoms with E-state index in [2.05, 4.69) is 34.5 Å². The molecule has 1 unspecified atom stereocenters. The van der Waals surface area contributed by atoms with E-state index in [1.165, 1.54) is 16.9 Å². The molecule has 2 aliphatic rings. The number of ether oxygens (including phenoxy) is 1. The van der Waals surface area contributed by atoms with Crippen molar-refractivity contribution >= 4 is 28.3 Å². The normalized spacial score (nSPS) is 17.8. The van der Waals surface area contributed by atoms with E-state index in [0.717, 1.165) is 69.0 Å². The predicted octanol–water partition coefficient (Wildman–Crippen LogP) is 4.60. The molecule has 0 spiro atoms. The summed E-state index contributed by atoms with van der Waals surface area (Å²) in [6.45, 7) is 6.70. The van der Waals surface area contributed by atoms with Crippen LogP contribution in [0.5, 0.6) is 5.75 Å².